The van der Waals surface area contributed by atoms with Crippen LogP contribution in [-0.4, -0.2) is 26.4 Å². The molecule has 0 amide bonds. The lowest BCUT2D eigenvalue weighted by molar-refractivity contribution is -0.149. The average Bonchev–Trinajstić information content (AvgIpc) is 2.43. The van der Waals surface area contributed by atoms with Gasteiger partial charge in [0.05, 0.1) is 6.61 Å². The van der Waals surface area contributed by atoms with Gasteiger partial charge in [-0.3, -0.25) is 10.1 Å². The summed E-state index contributed by atoms with van der Waals surface area (Å²) >= 11 is 0. The first-order valence-corrected chi connectivity index (χ1v) is 11.9. The molecule has 5 heteroatoms. The number of aryl methyl sites for hydroxylation is 1. The molecule has 1 aromatic carbocycles. The number of hydrogen-bond donors (Lipinski definition) is 1. The van der Waals surface area contributed by atoms with Gasteiger partial charge in [0.15, 0.2) is 0 Å². The van der Waals surface area contributed by atoms with E-state index in [1.165, 1.54) is 0 Å². The predicted molar refractivity (Wildman–Crippen MR) is 107 cm³/mol. The van der Waals surface area contributed by atoms with Gasteiger partial charge in [0.1, 0.15) is 11.3 Å². The topological polar surface area (TPSA) is 47.6 Å². The van der Waals surface area contributed by atoms with E-state index in [1.807, 2.05) is 20.8 Å². The number of carbonyl (C=O) groups is 1. The van der Waals surface area contributed by atoms with Crippen LogP contribution < -0.4 is 9.74 Å². The molecule has 0 heterocycles. The molecule has 0 saturated carbocycles. The maximum atomic E-state index is 12.0. The van der Waals surface area contributed by atoms with Crippen LogP contribution >= 0.6 is 0 Å². The second-order valence-corrected chi connectivity index (χ2v) is 13.4. The summed E-state index contributed by atoms with van der Waals surface area (Å²) in [5, 5.41) is 3.44. The van der Waals surface area contributed by atoms with Crippen LogP contribution in [0.4, 0.5) is 0 Å². The van der Waals surface area contributed by atoms with Crippen molar-refractivity contribution in [2.24, 2.45) is 0 Å². The van der Waals surface area contributed by atoms with Gasteiger partial charge in [-0.2, -0.15) is 0 Å². The molecule has 0 saturated heterocycles. The van der Waals surface area contributed by atoms with E-state index in [-0.39, 0.29) is 11.0 Å². The Balaban J connectivity index is 2.90. The monoisotopic (exact) mass is 365 g/mol. The van der Waals surface area contributed by atoms with Crippen molar-refractivity contribution in [3.63, 3.8) is 0 Å². The highest BCUT2D eigenvalue weighted by molar-refractivity contribution is 6.74. The fourth-order valence-electron chi connectivity index (χ4n) is 2.14. The quantitative estimate of drug-likeness (QED) is 0.556. The number of esters is 1. The Labute approximate surface area is 154 Å². The van der Waals surface area contributed by atoms with E-state index >= 15 is 0 Å². The molecular weight excluding hydrogens is 330 g/mol. The third-order valence-corrected chi connectivity index (χ3v) is 9.17. The summed E-state index contributed by atoms with van der Waals surface area (Å²) in [6.07, 6.45) is 0. The van der Waals surface area contributed by atoms with Crippen molar-refractivity contribution in [1.29, 1.82) is 0 Å². The lowest BCUT2D eigenvalue weighted by atomic mass is 10.0. The Morgan fingerprint density at radius 2 is 1.72 bits per heavy atom. The first-order valence-electron chi connectivity index (χ1n) is 9.00. The predicted octanol–water partition coefficient (Wildman–Crippen LogP) is 4.81. The summed E-state index contributed by atoms with van der Waals surface area (Å²) in [6.45, 7) is 19.7. The number of nitrogens with one attached hydrogen (secondary N) is 1. The summed E-state index contributed by atoms with van der Waals surface area (Å²) in [5.74, 6) is 0.678. The highest BCUT2D eigenvalue weighted by atomic mass is 28.4. The maximum Gasteiger partial charge on any atom is 0.325 e. The normalized spacial score (nSPS) is 12.8. The van der Waals surface area contributed by atoms with Crippen molar-refractivity contribution in [2.45, 2.75) is 78.7 Å². The second-order valence-electron chi connectivity index (χ2n) is 8.72. The van der Waals surface area contributed by atoms with Gasteiger partial charge in [-0.05, 0) is 69.1 Å². The summed E-state index contributed by atoms with van der Waals surface area (Å²) < 4.78 is 11.6. The molecule has 0 unspecified atom stereocenters. The molecule has 142 valence electrons. The Morgan fingerprint density at radius 3 is 2.24 bits per heavy atom. The Morgan fingerprint density at radius 1 is 1.12 bits per heavy atom. The van der Waals surface area contributed by atoms with Gasteiger partial charge in [-0.1, -0.05) is 26.8 Å². The molecule has 0 aliphatic heterocycles. The van der Waals surface area contributed by atoms with Crippen LogP contribution in [0.3, 0.4) is 0 Å². The van der Waals surface area contributed by atoms with Gasteiger partial charge in [-0.15, -0.1) is 0 Å². The van der Waals surface area contributed by atoms with Gasteiger partial charge in [-0.25, -0.2) is 0 Å². The van der Waals surface area contributed by atoms with E-state index < -0.39 is 13.9 Å². The molecule has 0 atom stereocenters. The van der Waals surface area contributed by atoms with Crippen LogP contribution in [0.25, 0.3) is 0 Å². The van der Waals surface area contributed by atoms with Crippen LogP contribution in [0.15, 0.2) is 18.2 Å². The Hall–Kier alpha value is -1.33. The molecule has 1 N–H and O–H groups in total. The molecule has 1 aromatic rings. The van der Waals surface area contributed by atoms with Crippen molar-refractivity contribution in [2.75, 3.05) is 6.61 Å². The highest BCUT2D eigenvalue weighted by Gasteiger charge is 2.39. The molecule has 0 fully saturated rings. The zero-order valence-corrected chi connectivity index (χ0v) is 18.4. The van der Waals surface area contributed by atoms with E-state index in [1.54, 1.807) is 0 Å². The fraction of sp³-hybridized carbons (Fsp3) is 0.650. The molecule has 0 bridgehead atoms. The fourth-order valence-corrected chi connectivity index (χ4v) is 3.15. The van der Waals surface area contributed by atoms with Gasteiger partial charge in [0.2, 0.25) is 8.32 Å². The summed E-state index contributed by atoms with van der Waals surface area (Å²) in [5.41, 5.74) is 1.54. The van der Waals surface area contributed by atoms with Crippen molar-refractivity contribution in [3.05, 3.63) is 29.3 Å². The number of ether oxygens (including phenoxy) is 1. The van der Waals surface area contributed by atoms with E-state index in [2.05, 4.69) is 64.3 Å². The third kappa shape index (κ3) is 6.15. The van der Waals surface area contributed by atoms with Crippen LogP contribution in [-0.2, 0) is 16.1 Å². The van der Waals surface area contributed by atoms with Gasteiger partial charge < -0.3 is 9.16 Å². The number of benzene rings is 1. The number of hydrogen-bond acceptors (Lipinski definition) is 4. The summed E-state index contributed by atoms with van der Waals surface area (Å²) in [7, 11) is -1.87. The minimum Gasteiger partial charge on any atom is -0.543 e. The van der Waals surface area contributed by atoms with E-state index in [0.29, 0.717) is 13.2 Å². The molecule has 4 nitrogen and oxygen atoms in total. The largest absolute Gasteiger partial charge is 0.543 e. The molecular formula is C20H35NO3Si. The minimum atomic E-state index is -1.87. The zero-order chi connectivity index (χ0) is 19.5. The first-order chi connectivity index (χ1) is 11.3. The molecule has 0 spiro atoms. The Kier molecular flexibility index (Phi) is 6.87. The van der Waals surface area contributed by atoms with Crippen molar-refractivity contribution >= 4 is 14.3 Å². The molecule has 0 aromatic heterocycles. The third-order valence-electron chi connectivity index (χ3n) is 4.81. The Bertz CT molecular complexity index is 603. The van der Waals surface area contributed by atoms with Crippen molar-refractivity contribution < 1.29 is 14.0 Å². The van der Waals surface area contributed by atoms with Crippen LogP contribution in [0.5, 0.6) is 5.75 Å². The smallest absolute Gasteiger partial charge is 0.325 e. The molecule has 1 rings (SSSR count). The van der Waals surface area contributed by atoms with Crippen molar-refractivity contribution in [3.8, 4) is 5.75 Å². The van der Waals surface area contributed by atoms with Crippen LogP contribution in [0.1, 0.15) is 52.7 Å². The van der Waals surface area contributed by atoms with Gasteiger partial charge in [0, 0.05) is 6.54 Å². The highest BCUT2D eigenvalue weighted by Crippen LogP contribution is 2.37. The number of carbonyl (C=O) groups excluding carboxylic acids is 1. The van der Waals surface area contributed by atoms with Gasteiger partial charge >= 0.3 is 5.97 Å². The molecule has 0 aliphatic carbocycles. The van der Waals surface area contributed by atoms with Crippen molar-refractivity contribution in [1.82, 2.24) is 5.32 Å². The van der Waals surface area contributed by atoms with Gasteiger partial charge in [0.25, 0.3) is 0 Å². The lowest BCUT2D eigenvalue weighted by Crippen LogP contribution is -2.47. The standard InChI is InChI=1S/C20H35NO3Si/c1-10-23-18(22)20(6,7)21-14-16-11-15(2)12-17(13-16)24-25(8,9)19(3,4)5/h11-13,21H,10,14H2,1-9H3. The lowest BCUT2D eigenvalue weighted by Gasteiger charge is -2.36. The van der Waals surface area contributed by atoms with E-state index in [0.717, 1.165) is 16.9 Å². The number of rotatable bonds is 7. The zero-order valence-electron chi connectivity index (χ0n) is 17.4. The molecule has 25 heavy (non-hydrogen) atoms. The summed E-state index contributed by atoms with van der Waals surface area (Å²) in [6, 6.07) is 6.27. The van der Waals surface area contributed by atoms with E-state index in [4.69, 9.17) is 9.16 Å². The first kappa shape index (κ1) is 21.7. The van der Waals surface area contributed by atoms with Crippen LogP contribution in [0.2, 0.25) is 18.1 Å². The summed E-state index contributed by atoms with van der Waals surface area (Å²) in [4.78, 5) is 12.0. The molecule has 0 aliphatic rings. The average molecular weight is 366 g/mol. The SMILES string of the molecule is CCOC(=O)C(C)(C)NCc1cc(C)cc(O[Si](C)(C)C(C)(C)C)c1. The molecule has 0 radical (unpaired) electrons. The van der Waals surface area contributed by atoms with E-state index in [9.17, 15) is 4.79 Å². The van der Waals surface area contributed by atoms with Crippen LogP contribution in [0, 0.1) is 6.92 Å². The minimum absolute atomic E-state index is 0.154. The maximum absolute atomic E-state index is 12.0. The second kappa shape index (κ2) is 7.91.